The number of aromatic nitrogens is 6. The Morgan fingerprint density at radius 3 is 2.31 bits per heavy atom. The molecule has 0 saturated heterocycles. The van der Waals surface area contributed by atoms with Crippen LogP contribution in [0.25, 0.3) is 33.3 Å². The van der Waals surface area contributed by atoms with Gasteiger partial charge in [0.25, 0.3) is 0 Å². The van der Waals surface area contributed by atoms with Crippen molar-refractivity contribution in [3.05, 3.63) is 42.9 Å². The molecular formula is C19H23N7. The fourth-order valence-electron chi connectivity index (χ4n) is 2.61. The molecule has 0 spiro atoms. The largest absolute Gasteiger partial charge is 0.361 e. The van der Waals surface area contributed by atoms with E-state index in [-0.39, 0.29) is 0 Å². The van der Waals surface area contributed by atoms with Crippen LogP contribution in [0.4, 0.5) is 5.82 Å². The van der Waals surface area contributed by atoms with Crippen molar-refractivity contribution in [1.82, 2.24) is 30.6 Å². The van der Waals surface area contributed by atoms with Gasteiger partial charge in [-0.2, -0.15) is 10.2 Å². The molecule has 134 valence electrons. The smallest absolute Gasteiger partial charge is 0.150 e. The van der Waals surface area contributed by atoms with Gasteiger partial charge < -0.3 is 4.90 Å². The van der Waals surface area contributed by atoms with E-state index in [1.165, 1.54) is 6.42 Å². The van der Waals surface area contributed by atoms with Crippen molar-refractivity contribution >= 4 is 16.7 Å². The predicted octanol–water partition coefficient (Wildman–Crippen LogP) is 3.89. The van der Waals surface area contributed by atoms with E-state index >= 15 is 0 Å². The number of hydrogen-bond acceptors (Lipinski definition) is 5. The van der Waals surface area contributed by atoms with Gasteiger partial charge in [0.15, 0.2) is 5.82 Å². The Hall–Kier alpha value is -3.22. The summed E-state index contributed by atoms with van der Waals surface area (Å²) in [6, 6.07) is 8.01. The van der Waals surface area contributed by atoms with Crippen molar-refractivity contribution in [1.29, 1.82) is 0 Å². The lowest BCUT2D eigenvalue weighted by Crippen LogP contribution is -2.11. The highest BCUT2D eigenvalue weighted by Crippen LogP contribution is 2.33. The maximum atomic E-state index is 4.33. The van der Waals surface area contributed by atoms with Gasteiger partial charge in [-0.25, -0.2) is 0 Å². The number of anilines is 1. The van der Waals surface area contributed by atoms with E-state index in [1.807, 2.05) is 49.6 Å². The van der Waals surface area contributed by atoms with Gasteiger partial charge >= 0.3 is 0 Å². The second-order valence-electron chi connectivity index (χ2n) is 6.18. The SMILES string of the molecule is CCC.CN(C)c1ccc(-c2ccc(-c3cn[nH]c3)c3cn[nH]c23)nn1. The molecule has 7 nitrogen and oxygen atoms in total. The number of rotatable bonds is 3. The molecule has 0 unspecified atom stereocenters. The van der Waals surface area contributed by atoms with Crippen LogP contribution in [0.15, 0.2) is 42.9 Å². The molecule has 2 N–H and O–H groups in total. The summed E-state index contributed by atoms with van der Waals surface area (Å²) in [5.74, 6) is 0.824. The number of nitrogens with one attached hydrogen (secondary N) is 2. The van der Waals surface area contributed by atoms with Crippen LogP contribution in [0.5, 0.6) is 0 Å². The normalized spacial score (nSPS) is 10.5. The van der Waals surface area contributed by atoms with Crippen LogP contribution in [-0.4, -0.2) is 44.7 Å². The Kier molecular flexibility index (Phi) is 5.26. The van der Waals surface area contributed by atoms with E-state index in [4.69, 9.17) is 0 Å². The minimum absolute atomic E-state index is 0.809. The molecule has 4 aromatic rings. The lowest BCUT2D eigenvalue weighted by molar-refractivity contribution is 0.969. The molecular weight excluding hydrogens is 326 g/mol. The Morgan fingerprint density at radius 1 is 0.923 bits per heavy atom. The first-order chi connectivity index (χ1) is 12.7. The van der Waals surface area contributed by atoms with Crippen molar-refractivity contribution in [3.63, 3.8) is 0 Å². The monoisotopic (exact) mass is 349 g/mol. The van der Waals surface area contributed by atoms with E-state index in [0.29, 0.717) is 0 Å². The van der Waals surface area contributed by atoms with Crippen molar-refractivity contribution in [2.24, 2.45) is 0 Å². The standard InChI is InChI=1S/C16H15N7.C3H8/c1-23(2)15-6-5-14(20-21-15)12-4-3-11(10-7-17-18-8-10)13-9-19-22-16(12)13;1-3-2/h3-9H,1-2H3,(H,17,18)(H,19,22);3H2,1-2H3. The third-order valence-electron chi connectivity index (χ3n) is 3.81. The highest BCUT2D eigenvalue weighted by Gasteiger charge is 2.13. The summed E-state index contributed by atoms with van der Waals surface area (Å²) in [5, 5.41) is 23.7. The molecule has 0 aliphatic carbocycles. The van der Waals surface area contributed by atoms with Gasteiger partial charge in [-0.15, -0.1) is 10.2 Å². The lowest BCUT2D eigenvalue weighted by atomic mass is 10.0. The summed E-state index contributed by atoms with van der Waals surface area (Å²) >= 11 is 0. The van der Waals surface area contributed by atoms with E-state index in [9.17, 15) is 0 Å². The fourth-order valence-corrected chi connectivity index (χ4v) is 2.61. The van der Waals surface area contributed by atoms with Gasteiger partial charge in [0.05, 0.1) is 23.6 Å². The first-order valence-electron chi connectivity index (χ1n) is 8.62. The highest BCUT2D eigenvalue weighted by molar-refractivity contribution is 6.01. The van der Waals surface area contributed by atoms with Crippen LogP contribution in [-0.2, 0) is 0 Å². The van der Waals surface area contributed by atoms with E-state index < -0.39 is 0 Å². The fraction of sp³-hybridized carbons (Fsp3) is 0.263. The number of H-pyrrole nitrogens is 2. The summed E-state index contributed by atoms with van der Waals surface area (Å²) in [5.41, 5.74) is 4.82. The van der Waals surface area contributed by atoms with Crippen LogP contribution in [0, 0.1) is 0 Å². The molecule has 0 radical (unpaired) electrons. The number of fused-ring (bicyclic) bond motifs is 1. The Labute approximate surface area is 152 Å². The van der Waals surface area contributed by atoms with Crippen LogP contribution < -0.4 is 4.90 Å². The van der Waals surface area contributed by atoms with E-state index in [2.05, 4.69) is 50.5 Å². The predicted molar refractivity (Wildman–Crippen MR) is 105 cm³/mol. The summed E-state index contributed by atoms with van der Waals surface area (Å²) in [4.78, 5) is 1.92. The first-order valence-corrected chi connectivity index (χ1v) is 8.62. The maximum Gasteiger partial charge on any atom is 0.150 e. The third-order valence-corrected chi connectivity index (χ3v) is 3.81. The molecule has 4 rings (SSSR count). The second kappa shape index (κ2) is 7.77. The topological polar surface area (TPSA) is 86.4 Å². The summed E-state index contributed by atoms with van der Waals surface area (Å²) < 4.78 is 0. The molecule has 0 bridgehead atoms. The molecule has 0 amide bonds. The van der Waals surface area contributed by atoms with Crippen LogP contribution >= 0.6 is 0 Å². The molecule has 0 saturated carbocycles. The Bertz CT molecular complexity index is 953. The number of benzene rings is 1. The Morgan fingerprint density at radius 2 is 1.69 bits per heavy atom. The van der Waals surface area contributed by atoms with Crippen molar-refractivity contribution in [2.45, 2.75) is 20.3 Å². The van der Waals surface area contributed by atoms with Crippen molar-refractivity contribution < 1.29 is 0 Å². The molecule has 3 aromatic heterocycles. The molecule has 0 aliphatic rings. The minimum Gasteiger partial charge on any atom is -0.361 e. The van der Waals surface area contributed by atoms with Gasteiger partial charge in [-0.05, 0) is 23.8 Å². The highest BCUT2D eigenvalue weighted by atomic mass is 15.2. The third kappa shape index (κ3) is 3.42. The molecule has 0 atom stereocenters. The Balaban J connectivity index is 0.000000613. The van der Waals surface area contributed by atoms with Gasteiger partial charge in [-0.1, -0.05) is 26.3 Å². The molecule has 26 heavy (non-hydrogen) atoms. The number of nitrogens with zero attached hydrogens (tertiary/aromatic N) is 5. The van der Waals surface area contributed by atoms with Gasteiger partial charge in [-0.3, -0.25) is 10.2 Å². The molecule has 7 heteroatoms. The summed E-state index contributed by atoms with van der Waals surface area (Å²) in [7, 11) is 3.88. The summed E-state index contributed by atoms with van der Waals surface area (Å²) in [6.07, 6.45) is 6.74. The van der Waals surface area contributed by atoms with Gasteiger partial charge in [0, 0.05) is 36.8 Å². The van der Waals surface area contributed by atoms with E-state index in [0.717, 1.165) is 39.1 Å². The maximum absolute atomic E-state index is 4.33. The van der Waals surface area contributed by atoms with Gasteiger partial charge in [0.1, 0.15) is 0 Å². The minimum atomic E-state index is 0.809. The lowest BCUT2D eigenvalue weighted by Gasteiger charge is -2.10. The van der Waals surface area contributed by atoms with Crippen LogP contribution in [0.1, 0.15) is 20.3 Å². The zero-order valence-corrected chi connectivity index (χ0v) is 15.5. The number of aromatic amines is 2. The average Bonchev–Trinajstić information content (AvgIpc) is 3.33. The number of hydrogen-bond donors (Lipinski definition) is 2. The quantitative estimate of drug-likeness (QED) is 0.586. The molecule has 0 aliphatic heterocycles. The van der Waals surface area contributed by atoms with Crippen molar-refractivity contribution in [2.75, 3.05) is 19.0 Å². The second-order valence-corrected chi connectivity index (χ2v) is 6.18. The summed E-state index contributed by atoms with van der Waals surface area (Å²) in [6.45, 7) is 4.25. The van der Waals surface area contributed by atoms with Crippen LogP contribution in [0.3, 0.4) is 0 Å². The average molecular weight is 349 g/mol. The zero-order valence-electron chi connectivity index (χ0n) is 15.5. The van der Waals surface area contributed by atoms with E-state index in [1.54, 1.807) is 6.20 Å². The first kappa shape index (κ1) is 17.6. The molecule has 1 aromatic carbocycles. The molecule has 3 heterocycles. The van der Waals surface area contributed by atoms with Gasteiger partial charge in [0.2, 0.25) is 0 Å². The van der Waals surface area contributed by atoms with Crippen LogP contribution in [0.2, 0.25) is 0 Å². The zero-order chi connectivity index (χ0) is 18.5. The van der Waals surface area contributed by atoms with Crippen molar-refractivity contribution in [3.8, 4) is 22.4 Å². The molecule has 0 fully saturated rings.